The number of aromatic nitrogens is 2. The van der Waals surface area contributed by atoms with E-state index in [4.69, 9.17) is 11.6 Å². The molecule has 0 aliphatic carbocycles. The average Bonchev–Trinajstić information content (AvgIpc) is 2.68. The number of nitriles is 1. The van der Waals surface area contributed by atoms with Crippen molar-refractivity contribution in [1.82, 2.24) is 9.97 Å². The zero-order valence-corrected chi connectivity index (χ0v) is 16.2. The predicted molar refractivity (Wildman–Crippen MR) is 106 cm³/mol. The fraction of sp³-hybridized carbons (Fsp3) is 0.400. The second-order valence-corrected chi connectivity index (χ2v) is 7.88. The largest absolute Gasteiger partial charge is 0.342 e. The maximum absolute atomic E-state index is 13.0. The smallest absolute Gasteiger partial charge is 0.258 e. The fourth-order valence-electron chi connectivity index (χ4n) is 3.90. The van der Waals surface area contributed by atoms with E-state index < -0.39 is 17.7 Å². The summed E-state index contributed by atoms with van der Waals surface area (Å²) in [5.41, 5.74) is 0.653. The molecule has 4 rings (SSSR count). The highest BCUT2D eigenvalue weighted by molar-refractivity contribution is 6.30. The lowest BCUT2D eigenvalue weighted by Gasteiger charge is -2.33. The van der Waals surface area contributed by atoms with E-state index in [1.807, 2.05) is 11.0 Å². The van der Waals surface area contributed by atoms with Crippen LogP contribution in [0.2, 0.25) is 5.02 Å². The number of H-pyrrole nitrogens is 1. The summed E-state index contributed by atoms with van der Waals surface area (Å²) in [5, 5.41) is 12.8. The molecule has 8 heteroatoms. The molecule has 2 aromatic rings. The van der Waals surface area contributed by atoms with Gasteiger partial charge in [0.15, 0.2) is 0 Å². The maximum Gasteiger partial charge on any atom is 0.258 e. The van der Waals surface area contributed by atoms with E-state index in [0.29, 0.717) is 28.0 Å². The zero-order chi connectivity index (χ0) is 19.8. The SMILES string of the molecule is CC1CCN(c2nc3c(c(=O)[nH]2)C(c2ccc(Cl)cc2)C(C#N)C(=O)N3)CC1. The van der Waals surface area contributed by atoms with Crippen molar-refractivity contribution in [3.63, 3.8) is 0 Å². The number of hydrogen-bond donors (Lipinski definition) is 2. The van der Waals surface area contributed by atoms with Crippen molar-refractivity contribution in [3.8, 4) is 6.07 Å². The van der Waals surface area contributed by atoms with Gasteiger partial charge < -0.3 is 10.2 Å². The van der Waals surface area contributed by atoms with Crippen LogP contribution in [0.1, 0.15) is 36.8 Å². The van der Waals surface area contributed by atoms with Crippen molar-refractivity contribution in [2.45, 2.75) is 25.7 Å². The van der Waals surface area contributed by atoms with E-state index in [2.05, 4.69) is 22.2 Å². The summed E-state index contributed by atoms with van der Waals surface area (Å²) in [7, 11) is 0. The Morgan fingerprint density at radius 1 is 1.21 bits per heavy atom. The summed E-state index contributed by atoms with van der Waals surface area (Å²) < 4.78 is 0. The van der Waals surface area contributed by atoms with Gasteiger partial charge in [-0.1, -0.05) is 30.7 Å². The van der Waals surface area contributed by atoms with Crippen molar-refractivity contribution >= 4 is 29.3 Å². The Kier molecular flexibility index (Phi) is 4.82. The predicted octanol–water partition coefficient (Wildman–Crippen LogP) is 2.88. The van der Waals surface area contributed by atoms with Crippen LogP contribution in [0, 0.1) is 23.2 Å². The summed E-state index contributed by atoms with van der Waals surface area (Å²) in [6.07, 6.45) is 2.05. The standard InChI is InChI=1S/C20H20ClN5O2/c1-11-6-8-26(9-7-11)20-24-17-16(19(28)25-20)15(14(10-22)18(27)23-17)12-2-4-13(21)5-3-12/h2-5,11,14-15H,6-9H2,1H3,(H2,23,24,25,27,28). The lowest BCUT2D eigenvalue weighted by Crippen LogP contribution is -2.40. The number of hydrogen-bond acceptors (Lipinski definition) is 5. The molecule has 2 unspecified atom stereocenters. The van der Waals surface area contributed by atoms with Crippen molar-refractivity contribution in [2.24, 2.45) is 11.8 Å². The number of benzene rings is 1. The van der Waals surface area contributed by atoms with Crippen LogP contribution in [0.4, 0.5) is 11.8 Å². The van der Waals surface area contributed by atoms with Gasteiger partial charge in [-0.25, -0.2) is 0 Å². The number of piperidine rings is 1. The first-order chi connectivity index (χ1) is 13.5. The minimum Gasteiger partial charge on any atom is -0.342 e. The van der Waals surface area contributed by atoms with Gasteiger partial charge in [-0.2, -0.15) is 10.2 Å². The molecule has 2 aliphatic rings. The number of carbonyl (C=O) groups excluding carboxylic acids is 1. The second kappa shape index (κ2) is 7.28. The Hall–Kier alpha value is -2.85. The number of aromatic amines is 1. The summed E-state index contributed by atoms with van der Waals surface area (Å²) in [6.45, 7) is 3.82. The number of nitrogens with zero attached hydrogens (tertiary/aromatic N) is 3. The molecule has 1 aromatic heterocycles. The fourth-order valence-corrected chi connectivity index (χ4v) is 4.03. The first-order valence-electron chi connectivity index (χ1n) is 9.33. The number of anilines is 2. The van der Waals surface area contributed by atoms with Crippen LogP contribution in [0.3, 0.4) is 0 Å². The molecule has 1 fully saturated rings. The molecule has 0 spiro atoms. The van der Waals surface area contributed by atoms with Gasteiger partial charge in [0.25, 0.3) is 5.56 Å². The highest BCUT2D eigenvalue weighted by atomic mass is 35.5. The van der Waals surface area contributed by atoms with E-state index >= 15 is 0 Å². The lowest BCUT2D eigenvalue weighted by atomic mass is 9.79. The first-order valence-corrected chi connectivity index (χ1v) is 9.71. The highest BCUT2D eigenvalue weighted by Crippen LogP contribution is 2.38. The topological polar surface area (TPSA) is 102 Å². The summed E-state index contributed by atoms with van der Waals surface area (Å²) in [5.74, 6) is -0.830. The van der Waals surface area contributed by atoms with E-state index in [9.17, 15) is 14.9 Å². The Morgan fingerprint density at radius 2 is 1.89 bits per heavy atom. The van der Waals surface area contributed by atoms with Crippen molar-refractivity contribution in [2.75, 3.05) is 23.3 Å². The van der Waals surface area contributed by atoms with Gasteiger partial charge in [-0.05, 0) is 36.5 Å². The molecule has 1 saturated heterocycles. The Morgan fingerprint density at radius 3 is 2.54 bits per heavy atom. The molecule has 2 N–H and O–H groups in total. The van der Waals surface area contributed by atoms with Crippen molar-refractivity contribution in [1.29, 1.82) is 5.26 Å². The van der Waals surface area contributed by atoms with E-state index in [1.165, 1.54) is 0 Å². The van der Waals surface area contributed by atoms with Crippen LogP contribution < -0.4 is 15.8 Å². The molecular weight excluding hydrogens is 378 g/mol. The number of rotatable bonds is 2. The molecule has 7 nitrogen and oxygen atoms in total. The molecule has 0 radical (unpaired) electrons. The molecule has 1 amide bonds. The first kappa shape index (κ1) is 18.5. The van der Waals surface area contributed by atoms with Crippen LogP contribution in [0.25, 0.3) is 0 Å². The van der Waals surface area contributed by atoms with Crippen molar-refractivity contribution in [3.05, 3.63) is 50.8 Å². The van der Waals surface area contributed by atoms with Gasteiger partial charge in [0.1, 0.15) is 11.7 Å². The molecule has 1 aromatic carbocycles. The second-order valence-electron chi connectivity index (χ2n) is 7.45. The molecule has 144 valence electrons. The van der Waals surface area contributed by atoms with Gasteiger partial charge in [0.05, 0.1) is 11.6 Å². The average molecular weight is 398 g/mol. The third-order valence-electron chi connectivity index (χ3n) is 5.56. The number of carbonyl (C=O) groups is 1. The molecule has 2 aliphatic heterocycles. The van der Waals surface area contributed by atoms with Gasteiger partial charge in [-0.15, -0.1) is 0 Å². The summed E-state index contributed by atoms with van der Waals surface area (Å²) >= 11 is 5.97. The quantitative estimate of drug-likeness (QED) is 0.811. The molecule has 3 heterocycles. The molecule has 0 bridgehead atoms. The number of fused-ring (bicyclic) bond motifs is 1. The zero-order valence-electron chi connectivity index (χ0n) is 15.4. The van der Waals surface area contributed by atoms with Gasteiger partial charge in [0, 0.05) is 24.0 Å². The molecule has 28 heavy (non-hydrogen) atoms. The number of amides is 1. The molecular formula is C20H20ClN5O2. The Labute approximate surface area is 167 Å². The molecule has 0 saturated carbocycles. The van der Waals surface area contributed by atoms with E-state index in [1.54, 1.807) is 24.3 Å². The van der Waals surface area contributed by atoms with Crippen LogP contribution in [0.15, 0.2) is 29.1 Å². The molecule has 2 atom stereocenters. The van der Waals surface area contributed by atoms with Crippen LogP contribution in [0.5, 0.6) is 0 Å². The monoisotopic (exact) mass is 397 g/mol. The summed E-state index contributed by atoms with van der Waals surface area (Å²) in [4.78, 5) is 35.0. The lowest BCUT2D eigenvalue weighted by molar-refractivity contribution is -0.119. The number of nitrogens with one attached hydrogen (secondary N) is 2. The van der Waals surface area contributed by atoms with E-state index in [-0.39, 0.29) is 11.4 Å². The maximum atomic E-state index is 13.0. The van der Waals surface area contributed by atoms with Gasteiger partial charge in [0.2, 0.25) is 11.9 Å². The Bertz CT molecular complexity index is 1000. The summed E-state index contributed by atoms with van der Waals surface area (Å²) in [6, 6.07) is 8.87. The third-order valence-corrected chi connectivity index (χ3v) is 5.81. The van der Waals surface area contributed by atoms with Gasteiger partial charge >= 0.3 is 0 Å². The number of halogens is 1. The van der Waals surface area contributed by atoms with Crippen LogP contribution in [-0.2, 0) is 4.79 Å². The normalized spacial score (nSPS) is 22.3. The van der Waals surface area contributed by atoms with Gasteiger partial charge in [-0.3, -0.25) is 14.6 Å². The van der Waals surface area contributed by atoms with Crippen LogP contribution >= 0.6 is 11.6 Å². The highest BCUT2D eigenvalue weighted by Gasteiger charge is 2.40. The minimum absolute atomic E-state index is 0.230. The minimum atomic E-state index is -1.02. The van der Waals surface area contributed by atoms with Crippen LogP contribution in [-0.4, -0.2) is 29.0 Å². The van der Waals surface area contributed by atoms with E-state index in [0.717, 1.165) is 25.9 Å². The van der Waals surface area contributed by atoms with Crippen molar-refractivity contribution < 1.29 is 4.79 Å². The third kappa shape index (κ3) is 3.25. The Balaban J connectivity index is 1.80.